The molecule has 2 aromatic carbocycles. The van der Waals surface area contributed by atoms with Gasteiger partial charge in [0.2, 0.25) is 0 Å². The van der Waals surface area contributed by atoms with Gasteiger partial charge in [-0.15, -0.1) is 0 Å². The summed E-state index contributed by atoms with van der Waals surface area (Å²) in [5, 5.41) is 20.6. The van der Waals surface area contributed by atoms with Gasteiger partial charge in [-0.3, -0.25) is 4.90 Å². The average molecular weight is 473 g/mol. The molecule has 1 aliphatic heterocycles. The molecule has 1 N–H and O–H groups in total. The van der Waals surface area contributed by atoms with Gasteiger partial charge < -0.3 is 14.9 Å². The number of carbonyl (C=O) groups is 1. The lowest BCUT2D eigenvalue weighted by atomic mass is 9.67. The standard InChI is InChI=1S/C29H36N4O2/c1-31(2)29(25-11-4-3-5-12-25)17-15-27(16-18-29)21-32(20-24-10-7-6-9-23(24)19-30)26(34)33(27)22-28(35)13-8-14-28/h3-7,9-12,35H,8,13-18,20-22H2,1-2H3. The fourth-order valence-electron chi connectivity index (χ4n) is 6.55. The van der Waals surface area contributed by atoms with Crippen LogP contribution in [0.1, 0.15) is 61.6 Å². The smallest absolute Gasteiger partial charge is 0.321 e. The van der Waals surface area contributed by atoms with E-state index in [4.69, 9.17) is 0 Å². The Hall–Kier alpha value is -2.88. The number of benzene rings is 2. The first-order valence-corrected chi connectivity index (χ1v) is 12.8. The van der Waals surface area contributed by atoms with Crippen molar-refractivity contribution in [3.63, 3.8) is 0 Å². The van der Waals surface area contributed by atoms with E-state index in [9.17, 15) is 15.2 Å². The number of nitrogens with zero attached hydrogens (tertiary/aromatic N) is 4. The van der Waals surface area contributed by atoms with Gasteiger partial charge in [0.05, 0.1) is 29.3 Å². The summed E-state index contributed by atoms with van der Waals surface area (Å²) in [7, 11) is 4.32. The van der Waals surface area contributed by atoms with Gasteiger partial charge in [-0.05, 0) is 76.2 Å². The fraction of sp³-hybridized carbons (Fsp3) is 0.517. The zero-order valence-corrected chi connectivity index (χ0v) is 20.9. The number of carbonyl (C=O) groups excluding carboxylic acids is 1. The number of nitriles is 1. The first kappa shape index (κ1) is 23.8. The largest absolute Gasteiger partial charge is 0.388 e. The summed E-state index contributed by atoms with van der Waals surface area (Å²) in [6.45, 7) is 1.47. The van der Waals surface area contributed by atoms with Gasteiger partial charge in [-0.2, -0.15) is 5.26 Å². The first-order chi connectivity index (χ1) is 16.8. The van der Waals surface area contributed by atoms with Crippen molar-refractivity contribution < 1.29 is 9.90 Å². The van der Waals surface area contributed by atoms with Crippen LogP contribution in [0, 0.1) is 11.3 Å². The van der Waals surface area contributed by atoms with Gasteiger partial charge in [0, 0.05) is 18.6 Å². The van der Waals surface area contributed by atoms with Crippen molar-refractivity contribution >= 4 is 6.03 Å². The number of hydrogen-bond acceptors (Lipinski definition) is 4. The van der Waals surface area contributed by atoms with Crippen LogP contribution in [0.5, 0.6) is 0 Å². The first-order valence-electron chi connectivity index (χ1n) is 12.8. The second kappa shape index (κ2) is 8.96. The van der Waals surface area contributed by atoms with Crippen molar-refractivity contribution in [1.82, 2.24) is 14.7 Å². The molecule has 1 spiro atoms. The van der Waals surface area contributed by atoms with Crippen LogP contribution in [0.3, 0.4) is 0 Å². The maximum Gasteiger partial charge on any atom is 0.321 e. The molecule has 3 fully saturated rings. The number of amides is 2. The van der Waals surface area contributed by atoms with Crippen molar-refractivity contribution in [2.24, 2.45) is 0 Å². The third-order valence-electron chi connectivity index (χ3n) is 8.97. The van der Waals surface area contributed by atoms with E-state index in [-0.39, 0.29) is 17.1 Å². The molecule has 6 heteroatoms. The van der Waals surface area contributed by atoms with Crippen LogP contribution in [0.4, 0.5) is 4.79 Å². The van der Waals surface area contributed by atoms with Gasteiger partial charge in [-0.1, -0.05) is 48.5 Å². The van der Waals surface area contributed by atoms with Crippen LogP contribution in [0.2, 0.25) is 0 Å². The van der Waals surface area contributed by atoms with Crippen LogP contribution in [0.25, 0.3) is 0 Å². The molecular weight excluding hydrogens is 436 g/mol. The van der Waals surface area contributed by atoms with E-state index in [1.807, 2.05) is 34.1 Å². The van der Waals surface area contributed by atoms with Crippen LogP contribution in [0.15, 0.2) is 54.6 Å². The molecule has 2 aromatic rings. The van der Waals surface area contributed by atoms with Gasteiger partial charge in [0.1, 0.15) is 0 Å². The maximum atomic E-state index is 13.8. The van der Waals surface area contributed by atoms with Gasteiger partial charge in [0.25, 0.3) is 0 Å². The fourth-order valence-corrected chi connectivity index (χ4v) is 6.55. The van der Waals surface area contributed by atoms with E-state index in [0.29, 0.717) is 25.2 Å². The summed E-state index contributed by atoms with van der Waals surface area (Å²) in [5.74, 6) is 0. The van der Waals surface area contributed by atoms with E-state index >= 15 is 0 Å². The SMILES string of the molecule is CN(C)C1(c2ccccc2)CCC2(CC1)CN(Cc1ccccc1C#N)C(=O)N2CC1(O)CCC1. The molecule has 3 aliphatic rings. The average Bonchev–Trinajstić information content (AvgIpc) is 3.09. The molecule has 0 unspecified atom stereocenters. The molecule has 35 heavy (non-hydrogen) atoms. The summed E-state index contributed by atoms with van der Waals surface area (Å²) in [6.07, 6.45) is 6.22. The Balaban J connectivity index is 1.44. The third-order valence-corrected chi connectivity index (χ3v) is 8.97. The lowest BCUT2D eigenvalue weighted by Crippen LogP contribution is -2.59. The number of β-amino-alcohol motifs (C(OH)–C–C–N with tert-alkyl or cyclic N) is 1. The Bertz CT molecular complexity index is 1110. The van der Waals surface area contributed by atoms with Gasteiger partial charge >= 0.3 is 6.03 Å². The van der Waals surface area contributed by atoms with Gasteiger partial charge in [-0.25, -0.2) is 4.79 Å². The van der Waals surface area contributed by atoms with Crippen molar-refractivity contribution in [3.05, 3.63) is 71.3 Å². The summed E-state index contributed by atoms with van der Waals surface area (Å²) in [6, 6.07) is 20.5. The highest BCUT2D eigenvalue weighted by atomic mass is 16.3. The molecular formula is C29H36N4O2. The lowest BCUT2D eigenvalue weighted by Gasteiger charge is -2.52. The minimum atomic E-state index is -0.765. The number of aliphatic hydroxyl groups is 1. The minimum absolute atomic E-state index is 0.00451. The predicted octanol–water partition coefficient (Wildman–Crippen LogP) is 4.48. The van der Waals surface area contributed by atoms with Crippen LogP contribution in [-0.4, -0.2) is 64.2 Å². The van der Waals surface area contributed by atoms with E-state index in [1.54, 1.807) is 0 Å². The van der Waals surface area contributed by atoms with Crippen LogP contribution < -0.4 is 0 Å². The molecule has 1 heterocycles. The highest BCUT2D eigenvalue weighted by Crippen LogP contribution is 2.50. The van der Waals surface area contributed by atoms with Crippen molar-refractivity contribution in [2.75, 3.05) is 27.2 Å². The molecule has 2 amide bonds. The molecule has 0 atom stereocenters. The molecule has 2 aliphatic carbocycles. The Morgan fingerprint density at radius 2 is 1.63 bits per heavy atom. The van der Waals surface area contributed by atoms with E-state index < -0.39 is 5.60 Å². The topological polar surface area (TPSA) is 70.8 Å². The molecule has 1 saturated heterocycles. The zero-order chi connectivity index (χ0) is 24.7. The Kier molecular flexibility index (Phi) is 6.11. The third kappa shape index (κ3) is 4.11. The van der Waals surface area contributed by atoms with E-state index in [2.05, 4.69) is 55.4 Å². The molecule has 0 bridgehead atoms. The Morgan fingerprint density at radius 3 is 2.23 bits per heavy atom. The predicted molar refractivity (Wildman–Crippen MR) is 135 cm³/mol. The second-order valence-electron chi connectivity index (χ2n) is 11.1. The van der Waals surface area contributed by atoms with Crippen molar-refractivity contribution in [3.8, 4) is 6.07 Å². The van der Waals surface area contributed by atoms with Crippen molar-refractivity contribution in [2.45, 2.75) is 68.2 Å². The van der Waals surface area contributed by atoms with Crippen LogP contribution >= 0.6 is 0 Å². The number of hydrogen-bond donors (Lipinski definition) is 1. The summed E-state index contributed by atoms with van der Waals surface area (Å²) < 4.78 is 0. The van der Waals surface area contributed by atoms with E-state index in [1.165, 1.54) is 5.56 Å². The zero-order valence-electron chi connectivity index (χ0n) is 20.9. The molecule has 2 saturated carbocycles. The normalized spacial score (nSPS) is 27.8. The molecule has 5 rings (SSSR count). The molecule has 6 nitrogen and oxygen atoms in total. The summed E-state index contributed by atoms with van der Waals surface area (Å²) in [4.78, 5) is 20.1. The van der Waals surface area contributed by atoms with Crippen molar-refractivity contribution in [1.29, 1.82) is 5.26 Å². The maximum absolute atomic E-state index is 13.8. The minimum Gasteiger partial charge on any atom is -0.388 e. The molecule has 184 valence electrons. The molecule has 0 radical (unpaired) electrons. The Morgan fingerprint density at radius 1 is 0.971 bits per heavy atom. The molecule has 0 aromatic heterocycles. The highest BCUT2D eigenvalue weighted by molar-refractivity contribution is 5.78. The second-order valence-corrected chi connectivity index (χ2v) is 11.1. The van der Waals surface area contributed by atoms with E-state index in [0.717, 1.165) is 50.5 Å². The Labute approximate surface area is 208 Å². The van der Waals surface area contributed by atoms with Crippen LogP contribution in [-0.2, 0) is 12.1 Å². The summed E-state index contributed by atoms with van der Waals surface area (Å²) >= 11 is 0. The lowest BCUT2D eigenvalue weighted by molar-refractivity contribution is -0.0725. The number of rotatable bonds is 6. The quantitative estimate of drug-likeness (QED) is 0.673. The van der Waals surface area contributed by atoms with Gasteiger partial charge in [0.15, 0.2) is 0 Å². The monoisotopic (exact) mass is 472 g/mol. The highest BCUT2D eigenvalue weighted by Gasteiger charge is 2.56. The number of urea groups is 1. The summed E-state index contributed by atoms with van der Waals surface area (Å²) in [5.41, 5.74) is 1.70.